The first kappa shape index (κ1) is 16.8. The summed E-state index contributed by atoms with van der Waals surface area (Å²) in [5.74, 6) is -0.743. The van der Waals surface area contributed by atoms with Gasteiger partial charge in [0.2, 0.25) is 0 Å². The standard InChI is InChI=1S/C14H21Cl2NO4/c1-8-5-17(6-9(2)20-8)11(18)10(3)21-12(19)13(4)7-14(13,15)16/h8-10H,5-7H2,1-4H3. The monoisotopic (exact) mass is 337 g/mol. The highest BCUT2D eigenvalue weighted by atomic mass is 35.5. The molecule has 0 bridgehead atoms. The third kappa shape index (κ3) is 3.30. The molecule has 7 heteroatoms. The van der Waals surface area contributed by atoms with Gasteiger partial charge in [-0.05, 0) is 27.7 Å². The summed E-state index contributed by atoms with van der Waals surface area (Å²) in [6.07, 6.45) is -0.564. The molecule has 0 aromatic heterocycles. The van der Waals surface area contributed by atoms with Crippen molar-refractivity contribution in [3.63, 3.8) is 0 Å². The van der Waals surface area contributed by atoms with Crippen molar-refractivity contribution >= 4 is 35.1 Å². The molecule has 0 spiro atoms. The average Bonchev–Trinajstić information content (AvgIpc) is 2.87. The van der Waals surface area contributed by atoms with Crippen molar-refractivity contribution in [1.29, 1.82) is 0 Å². The van der Waals surface area contributed by atoms with E-state index in [1.165, 1.54) is 0 Å². The van der Waals surface area contributed by atoms with Gasteiger partial charge in [-0.25, -0.2) is 0 Å². The van der Waals surface area contributed by atoms with Gasteiger partial charge in [-0.1, -0.05) is 0 Å². The van der Waals surface area contributed by atoms with Crippen molar-refractivity contribution in [2.75, 3.05) is 13.1 Å². The van der Waals surface area contributed by atoms with Gasteiger partial charge in [0.05, 0.1) is 12.2 Å². The number of alkyl halides is 2. The Morgan fingerprint density at radius 2 is 1.76 bits per heavy atom. The summed E-state index contributed by atoms with van der Waals surface area (Å²) < 4.78 is 9.75. The number of amides is 1. The van der Waals surface area contributed by atoms with Crippen molar-refractivity contribution in [1.82, 2.24) is 4.90 Å². The lowest BCUT2D eigenvalue weighted by molar-refractivity contribution is -0.167. The van der Waals surface area contributed by atoms with Gasteiger partial charge in [0.25, 0.3) is 5.91 Å². The minimum Gasteiger partial charge on any atom is -0.452 e. The number of esters is 1. The number of hydrogen-bond donors (Lipinski definition) is 0. The van der Waals surface area contributed by atoms with E-state index in [1.54, 1.807) is 18.7 Å². The molecular weight excluding hydrogens is 317 g/mol. The maximum absolute atomic E-state index is 12.4. The van der Waals surface area contributed by atoms with Crippen LogP contribution in [0.4, 0.5) is 0 Å². The predicted octanol–water partition coefficient (Wildman–Crippen LogP) is 2.14. The van der Waals surface area contributed by atoms with Crippen LogP contribution < -0.4 is 0 Å². The van der Waals surface area contributed by atoms with Gasteiger partial charge in [0, 0.05) is 19.5 Å². The largest absolute Gasteiger partial charge is 0.452 e. The zero-order chi connectivity index (χ0) is 16.0. The number of nitrogens with zero attached hydrogens (tertiary/aromatic N) is 1. The van der Waals surface area contributed by atoms with E-state index in [0.29, 0.717) is 19.5 Å². The molecule has 1 amide bonds. The number of carbonyl (C=O) groups is 2. The van der Waals surface area contributed by atoms with Crippen LogP contribution in [0.2, 0.25) is 0 Å². The third-order valence-corrected chi connectivity index (χ3v) is 5.17. The van der Waals surface area contributed by atoms with E-state index in [0.717, 1.165) is 0 Å². The highest BCUT2D eigenvalue weighted by Gasteiger charge is 2.69. The maximum atomic E-state index is 12.4. The maximum Gasteiger partial charge on any atom is 0.315 e. The summed E-state index contributed by atoms with van der Waals surface area (Å²) in [6.45, 7) is 8.03. The van der Waals surface area contributed by atoms with Crippen LogP contribution in [-0.4, -0.2) is 52.5 Å². The Labute approximate surface area is 134 Å². The number of hydrogen-bond acceptors (Lipinski definition) is 4. The van der Waals surface area contributed by atoms with Crippen LogP contribution in [0.15, 0.2) is 0 Å². The first-order valence-electron chi connectivity index (χ1n) is 7.10. The molecule has 0 radical (unpaired) electrons. The molecule has 2 aliphatic rings. The van der Waals surface area contributed by atoms with Gasteiger partial charge in [0.15, 0.2) is 6.10 Å². The van der Waals surface area contributed by atoms with Crippen molar-refractivity contribution in [2.45, 2.75) is 56.8 Å². The topological polar surface area (TPSA) is 55.8 Å². The van der Waals surface area contributed by atoms with Gasteiger partial charge in [-0.3, -0.25) is 9.59 Å². The minimum atomic E-state index is -1.09. The van der Waals surface area contributed by atoms with Crippen LogP contribution in [0.5, 0.6) is 0 Å². The molecule has 21 heavy (non-hydrogen) atoms. The highest BCUT2D eigenvalue weighted by Crippen LogP contribution is 2.64. The molecule has 120 valence electrons. The molecule has 0 N–H and O–H groups in total. The van der Waals surface area contributed by atoms with Crippen LogP contribution in [0, 0.1) is 5.41 Å². The molecule has 0 aromatic carbocycles. The molecule has 0 aromatic rings. The zero-order valence-electron chi connectivity index (χ0n) is 12.7. The van der Waals surface area contributed by atoms with Gasteiger partial charge in [-0.2, -0.15) is 0 Å². The van der Waals surface area contributed by atoms with E-state index in [-0.39, 0.29) is 18.1 Å². The Balaban J connectivity index is 1.93. The van der Waals surface area contributed by atoms with E-state index in [2.05, 4.69) is 0 Å². The fourth-order valence-corrected chi connectivity index (χ4v) is 3.27. The number of rotatable bonds is 3. The summed E-state index contributed by atoms with van der Waals surface area (Å²) >= 11 is 11.9. The smallest absolute Gasteiger partial charge is 0.315 e. The van der Waals surface area contributed by atoms with Crippen molar-refractivity contribution < 1.29 is 19.1 Å². The fourth-order valence-electron chi connectivity index (χ4n) is 2.58. The van der Waals surface area contributed by atoms with Crippen molar-refractivity contribution in [2.24, 2.45) is 5.41 Å². The SMILES string of the molecule is CC1CN(C(=O)C(C)OC(=O)C2(C)CC2(Cl)Cl)CC(C)O1. The average molecular weight is 338 g/mol. The molecule has 1 saturated heterocycles. The number of halogens is 2. The Hall–Kier alpha value is -0.520. The van der Waals surface area contributed by atoms with Crippen LogP contribution in [0.1, 0.15) is 34.1 Å². The second-order valence-corrected chi connectivity index (χ2v) is 7.75. The molecule has 1 saturated carbocycles. The first-order chi connectivity index (χ1) is 9.57. The summed E-state index contributed by atoms with van der Waals surface area (Å²) in [4.78, 5) is 26.1. The molecule has 4 unspecified atom stereocenters. The lowest BCUT2D eigenvalue weighted by Crippen LogP contribution is -2.51. The lowest BCUT2D eigenvalue weighted by Gasteiger charge is -2.36. The lowest BCUT2D eigenvalue weighted by atomic mass is 10.1. The normalized spacial score (nSPS) is 36.0. The highest BCUT2D eigenvalue weighted by molar-refractivity contribution is 6.53. The second kappa shape index (κ2) is 5.60. The Morgan fingerprint density at radius 1 is 1.29 bits per heavy atom. The molecular formula is C14H21Cl2NO4. The molecule has 1 aliphatic carbocycles. The molecule has 5 nitrogen and oxygen atoms in total. The van der Waals surface area contributed by atoms with Crippen LogP contribution in [0.3, 0.4) is 0 Å². The Kier molecular flexibility index (Phi) is 4.49. The third-order valence-electron chi connectivity index (χ3n) is 4.07. The van der Waals surface area contributed by atoms with Gasteiger partial charge in [0.1, 0.15) is 9.75 Å². The molecule has 1 heterocycles. The molecule has 4 atom stereocenters. The summed E-state index contributed by atoms with van der Waals surface area (Å²) in [6, 6.07) is 0. The van der Waals surface area contributed by atoms with E-state index in [9.17, 15) is 9.59 Å². The minimum absolute atomic E-state index is 0.0279. The van der Waals surface area contributed by atoms with Gasteiger partial charge >= 0.3 is 5.97 Å². The summed E-state index contributed by atoms with van der Waals surface area (Å²) in [5, 5.41) is 0. The van der Waals surface area contributed by atoms with Gasteiger partial charge in [-0.15, -0.1) is 23.2 Å². The molecule has 2 rings (SSSR count). The Morgan fingerprint density at radius 3 is 2.19 bits per heavy atom. The second-order valence-electron chi connectivity index (χ2n) is 6.26. The summed E-state index contributed by atoms with van der Waals surface area (Å²) in [5.41, 5.74) is -0.920. The van der Waals surface area contributed by atoms with Crippen LogP contribution in [0.25, 0.3) is 0 Å². The number of ether oxygens (including phenoxy) is 2. The Bertz CT molecular complexity index is 446. The number of morpholine rings is 1. The van der Waals surface area contributed by atoms with Gasteiger partial charge < -0.3 is 14.4 Å². The number of carbonyl (C=O) groups excluding carboxylic acids is 2. The fraction of sp³-hybridized carbons (Fsp3) is 0.857. The van der Waals surface area contributed by atoms with Crippen LogP contribution >= 0.6 is 23.2 Å². The first-order valence-corrected chi connectivity index (χ1v) is 7.85. The predicted molar refractivity (Wildman–Crippen MR) is 79.3 cm³/mol. The van der Waals surface area contributed by atoms with Crippen molar-refractivity contribution in [3.05, 3.63) is 0 Å². The van der Waals surface area contributed by atoms with E-state index in [4.69, 9.17) is 32.7 Å². The van der Waals surface area contributed by atoms with Crippen LogP contribution in [-0.2, 0) is 19.1 Å². The molecule has 1 aliphatic heterocycles. The zero-order valence-corrected chi connectivity index (χ0v) is 14.2. The van der Waals surface area contributed by atoms with E-state index < -0.39 is 21.8 Å². The molecule has 2 fully saturated rings. The van der Waals surface area contributed by atoms with E-state index in [1.807, 2.05) is 13.8 Å². The van der Waals surface area contributed by atoms with Crippen molar-refractivity contribution in [3.8, 4) is 0 Å². The van der Waals surface area contributed by atoms with E-state index >= 15 is 0 Å². The quantitative estimate of drug-likeness (QED) is 0.584. The summed E-state index contributed by atoms with van der Waals surface area (Å²) in [7, 11) is 0.